The van der Waals surface area contributed by atoms with Crippen LogP contribution in [0.1, 0.15) is 12.0 Å². The molecule has 0 bridgehead atoms. The molecule has 0 fully saturated rings. The number of hydrogen-bond acceptors (Lipinski definition) is 6. The minimum atomic E-state index is -0.316. The Balaban J connectivity index is 1.57. The minimum Gasteiger partial charge on any atom is -0.493 e. The van der Waals surface area contributed by atoms with Gasteiger partial charge in [-0.1, -0.05) is 6.07 Å². The number of ether oxygens (including phenoxy) is 5. The van der Waals surface area contributed by atoms with Gasteiger partial charge in [0.05, 0.1) is 14.2 Å². The van der Waals surface area contributed by atoms with Crippen LogP contribution in [0.3, 0.4) is 0 Å². The largest absolute Gasteiger partial charge is 0.493 e. The van der Waals surface area contributed by atoms with Crippen LogP contribution in [0.25, 0.3) is 0 Å². The molecule has 6 heteroatoms. The van der Waals surface area contributed by atoms with Crippen LogP contribution in [0.5, 0.6) is 28.7 Å². The second-order valence-corrected chi connectivity index (χ2v) is 5.18. The van der Waals surface area contributed by atoms with Gasteiger partial charge in [-0.15, -0.1) is 0 Å². The van der Waals surface area contributed by atoms with Crippen molar-refractivity contribution < 1.29 is 28.5 Å². The molecule has 0 unspecified atom stereocenters. The topological polar surface area (TPSA) is 63.2 Å². The maximum absolute atomic E-state index is 12.0. The van der Waals surface area contributed by atoms with E-state index in [4.69, 9.17) is 23.7 Å². The molecule has 1 heterocycles. The van der Waals surface area contributed by atoms with Gasteiger partial charge in [-0.2, -0.15) is 0 Å². The molecule has 0 radical (unpaired) electrons. The number of esters is 1. The molecule has 0 saturated heterocycles. The highest BCUT2D eigenvalue weighted by atomic mass is 16.7. The van der Waals surface area contributed by atoms with Gasteiger partial charge in [-0.05, 0) is 36.2 Å². The Morgan fingerprint density at radius 3 is 2.58 bits per heavy atom. The maximum Gasteiger partial charge on any atom is 0.311 e. The maximum atomic E-state index is 12.0. The molecule has 0 amide bonds. The highest BCUT2D eigenvalue weighted by molar-refractivity contribution is 5.73. The Labute approximate surface area is 139 Å². The molecule has 0 saturated carbocycles. The number of benzene rings is 2. The summed E-state index contributed by atoms with van der Waals surface area (Å²) in [6, 6.07) is 10.6. The van der Waals surface area contributed by atoms with E-state index in [0.29, 0.717) is 35.2 Å². The molecule has 0 aliphatic carbocycles. The molecular formula is C18H18O6. The van der Waals surface area contributed by atoms with Crippen LogP contribution in [-0.4, -0.2) is 27.0 Å². The summed E-state index contributed by atoms with van der Waals surface area (Å²) >= 11 is 0. The van der Waals surface area contributed by atoms with E-state index in [0.717, 1.165) is 5.56 Å². The lowest BCUT2D eigenvalue weighted by molar-refractivity contribution is -0.134. The summed E-state index contributed by atoms with van der Waals surface area (Å²) in [6.45, 7) is 0.187. The molecule has 1 aliphatic rings. The van der Waals surface area contributed by atoms with Crippen LogP contribution < -0.4 is 23.7 Å². The van der Waals surface area contributed by atoms with Gasteiger partial charge in [-0.3, -0.25) is 4.79 Å². The molecule has 2 aromatic rings. The van der Waals surface area contributed by atoms with Gasteiger partial charge < -0.3 is 23.7 Å². The fourth-order valence-electron chi connectivity index (χ4n) is 2.41. The molecule has 0 aromatic heterocycles. The lowest BCUT2D eigenvalue weighted by Gasteiger charge is -2.09. The highest BCUT2D eigenvalue weighted by Gasteiger charge is 2.15. The van der Waals surface area contributed by atoms with Crippen molar-refractivity contribution in [1.29, 1.82) is 0 Å². The summed E-state index contributed by atoms with van der Waals surface area (Å²) in [5, 5.41) is 0. The number of carbonyl (C=O) groups is 1. The third-order valence-electron chi connectivity index (χ3n) is 3.64. The second-order valence-electron chi connectivity index (χ2n) is 5.18. The number of rotatable bonds is 6. The molecule has 0 spiro atoms. The van der Waals surface area contributed by atoms with Gasteiger partial charge >= 0.3 is 5.97 Å². The second kappa shape index (κ2) is 7.12. The molecule has 126 valence electrons. The van der Waals surface area contributed by atoms with Gasteiger partial charge in [0.2, 0.25) is 6.79 Å². The van der Waals surface area contributed by atoms with Crippen LogP contribution in [0.2, 0.25) is 0 Å². The average molecular weight is 330 g/mol. The standard InChI is InChI=1S/C18H18O6/c1-20-14-6-3-12(9-16(14)21-2)4-8-18(19)24-13-5-7-15-17(10-13)23-11-22-15/h3,5-7,9-10H,4,8,11H2,1-2H3. The quantitative estimate of drug-likeness (QED) is 0.599. The fourth-order valence-corrected chi connectivity index (χ4v) is 2.41. The first kappa shape index (κ1) is 16.0. The van der Waals surface area contributed by atoms with Crippen molar-refractivity contribution in [2.24, 2.45) is 0 Å². The van der Waals surface area contributed by atoms with E-state index in [9.17, 15) is 4.79 Å². The Morgan fingerprint density at radius 2 is 1.79 bits per heavy atom. The van der Waals surface area contributed by atoms with Crippen LogP contribution in [0, 0.1) is 0 Å². The highest BCUT2D eigenvalue weighted by Crippen LogP contribution is 2.35. The molecule has 1 aliphatic heterocycles. The smallest absolute Gasteiger partial charge is 0.311 e. The summed E-state index contributed by atoms with van der Waals surface area (Å²) in [5.41, 5.74) is 0.968. The minimum absolute atomic E-state index is 0.187. The Kier molecular flexibility index (Phi) is 4.74. The van der Waals surface area contributed by atoms with Crippen molar-refractivity contribution >= 4 is 5.97 Å². The van der Waals surface area contributed by atoms with E-state index in [1.807, 2.05) is 18.2 Å². The predicted octanol–water partition coefficient (Wildman–Crippen LogP) is 2.97. The summed E-state index contributed by atoms with van der Waals surface area (Å²) in [7, 11) is 3.16. The SMILES string of the molecule is COc1ccc(CCC(=O)Oc2ccc3c(c2)OCO3)cc1OC. The van der Waals surface area contributed by atoms with Crippen molar-refractivity contribution in [2.45, 2.75) is 12.8 Å². The van der Waals surface area contributed by atoms with E-state index < -0.39 is 0 Å². The summed E-state index contributed by atoms with van der Waals surface area (Å²) in [4.78, 5) is 12.0. The summed E-state index contributed by atoms with van der Waals surface area (Å²) in [6.07, 6.45) is 0.799. The van der Waals surface area contributed by atoms with E-state index >= 15 is 0 Å². The van der Waals surface area contributed by atoms with Crippen molar-refractivity contribution in [3.8, 4) is 28.7 Å². The fraction of sp³-hybridized carbons (Fsp3) is 0.278. The number of fused-ring (bicyclic) bond motifs is 1. The molecule has 0 atom stereocenters. The van der Waals surface area contributed by atoms with Crippen molar-refractivity contribution in [1.82, 2.24) is 0 Å². The molecule has 3 rings (SSSR count). The molecular weight excluding hydrogens is 312 g/mol. The van der Waals surface area contributed by atoms with Gasteiger partial charge in [0.25, 0.3) is 0 Å². The lowest BCUT2D eigenvalue weighted by atomic mass is 10.1. The molecule has 24 heavy (non-hydrogen) atoms. The number of hydrogen-bond donors (Lipinski definition) is 0. The van der Waals surface area contributed by atoms with Gasteiger partial charge in [-0.25, -0.2) is 0 Å². The normalized spacial score (nSPS) is 11.9. The Bertz CT molecular complexity index is 740. The summed E-state index contributed by atoms with van der Waals surface area (Å²) in [5.74, 6) is 2.66. The first-order valence-electron chi connectivity index (χ1n) is 7.51. The molecule has 2 aromatic carbocycles. The first-order chi connectivity index (χ1) is 11.7. The zero-order chi connectivity index (χ0) is 16.9. The number of aryl methyl sites for hydroxylation is 1. The van der Waals surface area contributed by atoms with Crippen molar-refractivity contribution in [3.63, 3.8) is 0 Å². The van der Waals surface area contributed by atoms with Crippen LogP contribution in [-0.2, 0) is 11.2 Å². The van der Waals surface area contributed by atoms with Gasteiger partial charge in [0, 0.05) is 12.5 Å². The van der Waals surface area contributed by atoms with Crippen molar-refractivity contribution in [3.05, 3.63) is 42.0 Å². The van der Waals surface area contributed by atoms with E-state index in [1.54, 1.807) is 32.4 Å². The van der Waals surface area contributed by atoms with E-state index in [2.05, 4.69) is 0 Å². The third-order valence-corrected chi connectivity index (χ3v) is 3.64. The van der Waals surface area contributed by atoms with Gasteiger partial charge in [0.1, 0.15) is 5.75 Å². The Morgan fingerprint density at radius 1 is 1.00 bits per heavy atom. The van der Waals surface area contributed by atoms with Crippen LogP contribution in [0.15, 0.2) is 36.4 Å². The monoisotopic (exact) mass is 330 g/mol. The van der Waals surface area contributed by atoms with Crippen LogP contribution in [0.4, 0.5) is 0 Å². The zero-order valence-electron chi connectivity index (χ0n) is 13.5. The molecule has 0 N–H and O–H groups in total. The predicted molar refractivity (Wildman–Crippen MR) is 86.1 cm³/mol. The zero-order valence-corrected chi connectivity index (χ0v) is 13.5. The van der Waals surface area contributed by atoms with Gasteiger partial charge in [0.15, 0.2) is 23.0 Å². The number of carbonyl (C=O) groups excluding carboxylic acids is 1. The first-order valence-corrected chi connectivity index (χ1v) is 7.51. The lowest BCUT2D eigenvalue weighted by Crippen LogP contribution is -2.09. The number of methoxy groups -OCH3 is 2. The Hall–Kier alpha value is -2.89. The van der Waals surface area contributed by atoms with Crippen LogP contribution >= 0.6 is 0 Å². The average Bonchev–Trinajstić information content (AvgIpc) is 3.07. The summed E-state index contributed by atoms with van der Waals surface area (Å²) < 4.78 is 26.3. The van der Waals surface area contributed by atoms with Crippen molar-refractivity contribution in [2.75, 3.05) is 21.0 Å². The molecule has 6 nitrogen and oxygen atoms in total. The third kappa shape index (κ3) is 3.53. The van der Waals surface area contributed by atoms with E-state index in [-0.39, 0.29) is 19.2 Å². The van der Waals surface area contributed by atoms with E-state index in [1.165, 1.54) is 0 Å².